The fourth-order valence-corrected chi connectivity index (χ4v) is 2.07. The Morgan fingerprint density at radius 1 is 1.40 bits per heavy atom. The number of carbonyl (C=O) groups is 1. The number of carbonyl (C=O) groups excluding carboxylic acids is 1. The third kappa shape index (κ3) is 1.97. The van der Waals surface area contributed by atoms with E-state index < -0.39 is 0 Å². The van der Waals surface area contributed by atoms with Crippen LogP contribution in [0.4, 0.5) is 0 Å². The van der Waals surface area contributed by atoms with E-state index in [2.05, 4.69) is 4.98 Å². The fourth-order valence-electron chi connectivity index (χ4n) is 1.52. The Balaban J connectivity index is 2.48. The van der Waals surface area contributed by atoms with E-state index in [1.165, 1.54) is 0 Å². The zero-order valence-corrected chi connectivity index (χ0v) is 9.47. The van der Waals surface area contributed by atoms with E-state index in [0.29, 0.717) is 0 Å². The van der Waals surface area contributed by atoms with Crippen molar-refractivity contribution in [2.75, 3.05) is 0 Å². The zero-order valence-electron chi connectivity index (χ0n) is 8.65. The lowest BCUT2D eigenvalue weighted by atomic mass is 10.0. The van der Waals surface area contributed by atoms with Gasteiger partial charge in [0.1, 0.15) is 0 Å². The monoisotopic (exact) mass is 217 g/mol. The normalized spacial score (nSPS) is 10.3. The maximum absolute atomic E-state index is 11.2. The van der Waals surface area contributed by atoms with E-state index in [0.717, 1.165) is 22.4 Å². The molecule has 1 aromatic carbocycles. The molecule has 0 atom stereocenters. The molecule has 0 radical (unpaired) electrons. The van der Waals surface area contributed by atoms with Gasteiger partial charge in [-0.1, -0.05) is 12.1 Å². The number of hydrogen-bond donors (Lipinski definition) is 0. The third-order valence-electron chi connectivity index (χ3n) is 2.34. The van der Waals surface area contributed by atoms with Crippen LogP contribution >= 0.6 is 11.3 Å². The number of ketones is 1. The van der Waals surface area contributed by atoms with Crippen molar-refractivity contribution in [1.82, 2.24) is 4.98 Å². The van der Waals surface area contributed by atoms with Crippen molar-refractivity contribution in [3.8, 4) is 11.3 Å². The lowest BCUT2D eigenvalue weighted by Gasteiger charge is -2.04. The second kappa shape index (κ2) is 3.95. The summed E-state index contributed by atoms with van der Waals surface area (Å²) in [4.78, 5) is 15.4. The SMILES string of the molecule is CC(=O)c1ccc(-c2cscn2)c(C)c1. The molecule has 0 fully saturated rings. The van der Waals surface area contributed by atoms with Crippen LogP contribution in [0, 0.1) is 6.92 Å². The highest BCUT2D eigenvalue weighted by molar-refractivity contribution is 7.07. The first kappa shape index (κ1) is 10.1. The number of hydrogen-bond acceptors (Lipinski definition) is 3. The minimum absolute atomic E-state index is 0.0999. The summed E-state index contributed by atoms with van der Waals surface area (Å²) in [5, 5.41) is 2.01. The van der Waals surface area contributed by atoms with Crippen LogP contribution in [0.15, 0.2) is 29.1 Å². The molecule has 0 aliphatic carbocycles. The topological polar surface area (TPSA) is 30.0 Å². The number of rotatable bonds is 2. The molecule has 0 aliphatic rings. The Labute approximate surface area is 92.6 Å². The molecule has 76 valence electrons. The smallest absolute Gasteiger partial charge is 0.159 e. The largest absolute Gasteiger partial charge is 0.295 e. The van der Waals surface area contributed by atoms with Crippen LogP contribution in [0.3, 0.4) is 0 Å². The molecule has 2 aromatic rings. The van der Waals surface area contributed by atoms with Crippen LogP contribution < -0.4 is 0 Å². The summed E-state index contributed by atoms with van der Waals surface area (Å²) in [5.41, 5.74) is 5.74. The van der Waals surface area contributed by atoms with Crippen LogP contribution in [0.1, 0.15) is 22.8 Å². The molecule has 2 nitrogen and oxygen atoms in total. The van der Waals surface area contributed by atoms with Gasteiger partial charge in [-0.2, -0.15) is 0 Å². The highest BCUT2D eigenvalue weighted by Crippen LogP contribution is 2.23. The van der Waals surface area contributed by atoms with E-state index >= 15 is 0 Å². The Bertz CT molecular complexity index is 488. The first-order valence-corrected chi connectivity index (χ1v) is 5.63. The molecule has 0 aliphatic heterocycles. The van der Waals surface area contributed by atoms with Gasteiger partial charge in [-0.3, -0.25) is 4.79 Å². The molecule has 1 aromatic heterocycles. The number of aromatic nitrogens is 1. The lowest BCUT2D eigenvalue weighted by Crippen LogP contribution is -1.93. The van der Waals surface area contributed by atoms with Gasteiger partial charge in [0.05, 0.1) is 11.2 Å². The summed E-state index contributed by atoms with van der Waals surface area (Å²) in [7, 11) is 0. The Hall–Kier alpha value is -1.48. The third-order valence-corrected chi connectivity index (χ3v) is 2.93. The molecule has 0 unspecified atom stereocenters. The average Bonchev–Trinajstić information content (AvgIpc) is 2.70. The molecule has 0 saturated heterocycles. The molecule has 0 spiro atoms. The van der Waals surface area contributed by atoms with E-state index in [-0.39, 0.29) is 5.78 Å². The molecule has 3 heteroatoms. The average molecular weight is 217 g/mol. The Morgan fingerprint density at radius 3 is 2.73 bits per heavy atom. The predicted molar refractivity (Wildman–Crippen MR) is 62.3 cm³/mol. The highest BCUT2D eigenvalue weighted by atomic mass is 32.1. The predicted octanol–water partition coefficient (Wildman–Crippen LogP) is 3.32. The molecule has 15 heavy (non-hydrogen) atoms. The van der Waals surface area contributed by atoms with Gasteiger partial charge in [-0.15, -0.1) is 11.3 Å². The summed E-state index contributed by atoms with van der Waals surface area (Å²) in [6.07, 6.45) is 0. The van der Waals surface area contributed by atoms with Crippen molar-refractivity contribution in [1.29, 1.82) is 0 Å². The summed E-state index contributed by atoms with van der Waals surface area (Å²) in [5.74, 6) is 0.0999. The summed E-state index contributed by atoms with van der Waals surface area (Å²) >= 11 is 1.58. The van der Waals surface area contributed by atoms with Gasteiger partial charge in [-0.25, -0.2) is 4.98 Å². The van der Waals surface area contributed by atoms with Crippen molar-refractivity contribution < 1.29 is 4.79 Å². The Morgan fingerprint density at radius 2 is 2.20 bits per heavy atom. The molecule has 2 rings (SSSR count). The van der Waals surface area contributed by atoms with Gasteiger partial charge in [0.15, 0.2) is 5.78 Å². The lowest BCUT2D eigenvalue weighted by molar-refractivity contribution is 0.101. The minimum atomic E-state index is 0.0999. The van der Waals surface area contributed by atoms with E-state index in [9.17, 15) is 4.79 Å². The zero-order chi connectivity index (χ0) is 10.8. The highest BCUT2D eigenvalue weighted by Gasteiger charge is 2.06. The number of nitrogens with zero attached hydrogens (tertiary/aromatic N) is 1. The van der Waals surface area contributed by atoms with Crippen molar-refractivity contribution >= 4 is 17.1 Å². The van der Waals surface area contributed by atoms with Crippen molar-refractivity contribution in [2.24, 2.45) is 0 Å². The molecule has 0 bridgehead atoms. The van der Waals surface area contributed by atoms with Gasteiger partial charge in [0.25, 0.3) is 0 Å². The number of Topliss-reactive ketones (excluding diaryl/α,β-unsaturated/α-hetero) is 1. The maximum Gasteiger partial charge on any atom is 0.159 e. The summed E-state index contributed by atoms with van der Waals surface area (Å²) in [6.45, 7) is 3.58. The van der Waals surface area contributed by atoms with Crippen LogP contribution in [0.2, 0.25) is 0 Å². The van der Waals surface area contributed by atoms with Crippen LogP contribution in [0.25, 0.3) is 11.3 Å². The first-order chi connectivity index (χ1) is 7.18. The van der Waals surface area contributed by atoms with Crippen molar-refractivity contribution in [3.63, 3.8) is 0 Å². The van der Waals surface area contributed by atoms with Gasteiger partial charge in [0.2, 0.25) is 0 Å². The molecular weight excluding hydrogens is 206 g/mol. The fraction of sp³-hybridized carbons (Fsp3) is 0.167. The molecule has 0 N–H and O–H groups in total. The molecule has 0 amide bonds. The number of benzene rings is 1. The molecule has 0 saturated carbocycles. The van der Waals surface area contributed by atoms with Crippen LogP contribution in [-0.4, -0.2) is 10.8 Å². The first-order valence-electron chi connectivity index (χ1n) is 4.68. The van der Waals surface area contributed by atoms with Crippen molar-refractivity contribution in [3.05, 3.63) is 40.2 Å². The summed E-state index contributed by atoms with van der Waals surface area (Å²) < 4.78 is 0. The summed E-state index contributed by atoms with van der Waals surface area (Å²) in [6, 6.07) is 5.72. The second-order valence-corrected chi connectivity index (χ2v) is 4.18. The van der Waals surface area contributed by atoms with Crippen LogP contribution in [-0.2, 0) is 0 Å². The Kier molecular flexibility index (Phi) is 2.64. The second-order valence-electron chi connectivity index (χ2n) is 3.46. The van der Waals surface area contributed by atoms with E-state index in [1.807, 2.05) is 36.0 Å². The van der Waals surface area contributed by atoms with Gasteiger partial charge in [0, 0.05) is 16.5 Å². The quantitative estimate of drug-likeness (QED) is 0.722. The van der Waals surface area contributed by atoms with Gasteiger partial charge in [-0.05, 0) is 25.5 Å². The standard InChI is InChI=1S/C12H11NOS/c1-8-5-10(9(2)14)3-4-11(8)12-6-15-7-13-12/h3-7H,1-2H3. The van der Waals surface area contributed by atoms with E-state index in [4.69, 9.17) is 0 Å². The van der Waals surface area contributed by atoms with Gasteiger partial charge < -0.3 is 0 Å². The van der Waals surface area contributed by atoms with Crippen LogP contribution in [0.5, 0.6) is 0 Å². The molecular formula is C12H11NOS. The van der Waals surface area contributed by atoms with Crippen molar-refractivity contribution in [2.45, 2.75) is 13.8 Å². The number of aryl methyl sites for hydroxylation is 1. The number of thiazole rings is 1. The van der Waals surface area contributed by atoms with Gasteiger partial charge >= 0.3 is 0 Å². The minimum Gasteiger partial charge on any atom is -0.295 e. The van der Waals surface area contributed by atoms with E-state index in [1.54, 1.807) is 18.3 Å². The molecule has 1 heterocycles. The maximum atomic E-state index is 11.2.